The molecular formula is C24H15B3N6O3. The Kier molecular flexibility index (Phi) is 7.24. The Balaban J connectivity index is 1.61. The van der Waals surface area contributed by atoms with Crippen molar-refractivity contribution >= 4 is 75.5 Å². The van der Waals surface area contributed by atoms with Crippen molar-refractivity contribution in [3.63, 3.8) is 0 Å². The Bertz CT molecular complexity index is 1240. The summed E-state index contributed by atoms with van der Waals surface area (Å²) in [6.07, 6.45) is 0. The predicted octanol–water partition coefficient (Wildman–Crippen LogP) is 0.00990. The Labute approximate surface area is 210 Å². The summed E-state index contributed by atoms with van der Waals surface area (Å²) in [6, 6.07) is 18.6. The molecule has 1 aromatic heterocycles. The zero-order chi connectivity index (χ0) is 25.7. The Morgan fingerprint density at radius 2 is 0.667 bits per heavy atom. The second kappa shape index (κ2) is 10.7. The van der Waals surface area contributed by atoms with Gasteiger partial charge in [0.2, 0.25) is 17.8 Å². The van der Waals surface area contributed by atoms with E-state index in [1.165, 1.54) is 36.4 Å². The van der Waals surface area contributed by atoms with Crippen molar-refractivity contribution in [1.82, 2.24) is 15.0 Å². The average Bonchev–Trinajstić information content (AvgIpc) is 2.85. The van der Waals surface area contributed by atoms with Gasteiger partial charge in [-0.15, -0.1) is 0 Å². The summed E-state index contributed by atoms with van der Waals surface area (Å²) in [5.74, 6) is -2.21. The van der Waals surface area contributed by atoms with Crippen LogP contribution in [0.2, 0.25) is 0 Å². The highest BCUT2D eigenvalue weighted by molar-refractivity contribution is 6.33. The van der Waals surface area contributed by atoms with Crippen molar-refractivity contribution in [3.8, 4) is 0 Å². The molecule has 0 aliphatic rings. The number of hydrogen-bond donors (Lipinski definition) is 3. The number of carbonyl (C=O) groups excluding carboxylic acids is 3. The third-order valence-corrected chi connectivity index (χ3v) is 4.83. The number of amides is 3. The Morgan fingerprint density at radius 1 is 0.444 bits per heavy atom. The molecule has 4 rings (SSSR count). The molecule has 6 radical (unpaired) electrons. The van der Waals surface area contributed by atoms with Gasteiger partial charge in [0.1, 0.15) is 23.5 Å². The zero-order valence-corrected chi connectivity index (χ0v) is 18.7. The van der Waals surface area contributed by atoms with Crippen molar-refractivity contribution in [2.75, 3.05) is 16.0 Å². The summed E-state index contributed by atoms with van der Waals surface area (Å²) in [5.41, 5.74) is 2.37. The SMILES string of the molecule is [B]c1ccc(C(=O)Nc2nc(NC(=O)c3ccc([B])cc3)nc(NC(=O)c3ccc([B])cc3)n2)cc1. The fraction of sp³-hybridized carbons (Fsp3) is 0. The van der Waals surface area contributed by atoms with Gasteiger partial charge in [0.05, 0.1) is 0 Å². The molecule has 1 heterocycles. The van der Waals surface area contributed by atoms with Crippen molar-refractivity contribution in [3.05, 3.63) is 89.5 Å². The van der Waals surface area contributed by atoms with Crippen LogP contribution in [0.15, 0.2) is 72.8 Å². The van der Waals surface area contributed by atoms with E-state index in [9.17, 15) is 14.4 Å². The van der Waals surface area contributed by atoms with Crippen molar-refractivity contribution in [2.24, 2.45) is 0 Å². The Hall–Kier alpha value is -4.73. The standard InChI is InChI=1S/C24H15B3N6O3/c25-16-7-1-13(2-8-16)19(34)28-22-31-23(29-20(35)14-3-9-17(26)10-4-14)33-24(32-22)30-21(36)15-5-11-18(27)12-6-15/h1-12H,(H3,28,29,30,31,32,33,34,35,36). The summed E-state index contributed by atoms with van der Waals surface area (Å²) < 4.78 is 0. The molecule has 4 aromatic rings. The van der Waals surface area contributed by atoms with Gasteiger partial charge in [0.15, 0.2) is 0 Å². The molecule has 9 nitrogen and oxygen atoms in total. The maximum atomic E-state index is 12.6. The first-order valence-electron chi connectivity index (χ1n) is 10.5. The highest BCUT2D eigenvalue weighted by atomic mass is 16.2. The van der Waals surface area contributed by atoms with Crippen LogP contribution >= 0.6 is 0 Å². The smallest absolute Gasteiger partial charge is 0.258 e. The van der Waals surface area contributed by atoms with Gasteiger partial charge in [-0.1, -0.05) is 89.2 Å². The molecule has 36 heavy (non-hydrogen) atoms. The second-order valence-electron chi connectivity index (χ2n) is 7.53. The van der Waals surface area contributed by atoms with Gasteiger partial charge in [0, 0.05) is 16.7 Å². The van der Waals surface area contributed by atoms with E-state index in [2.05, 4.69) is 30.9 Å². The lowest BCUT2D eigenvalue weighted by Crippen LogP contribution is -2.21. The lowest BCUT2D eigenvalue weighted by molar-refractivity contribution is 0.101. The molecule has 0 aliphatic heterocycles. The number of carbonyl (C=O) groups is 3. The topological polar surface area (TPSA) is 126 Å². The van der Waals surface area contributed by atoms with E-state index < -0.39 is 17.7 Å². The molecule has 0 spiro atoms. The van der Waals surface area contributed by atoms with Gasteiger partial charge in [-0.3, -0.25) is 30.3 Å². The lowest BCUT2D eigenvalue weighted by Gasteiger charge is -2.10. The molecule has 0 saturated carbocycles. The first kappa shape index (κ1) is 24.4. The highest BCUT2D eigenvalue weighted by Gasteiger charge is 2.16. The minimum Gasteiger partial charge on any atom is -0.290 e. The van der Waals surface area contributed by atoms with Gasteiger partial charge in [-0.05, 0) is 0 Å². The van der Waals surface area contributed by atoms with Crippen molar-refractivity contribution in [1.29, 1.82) is 0 Å². The number of benzene rings is 3. The molecule has 3 aromatic carbocycles. The molecule has 3 N–H and O–H groups in total. The average molecular weight is 468 g/mol. The number of anilines is 3. The molecular weight excluding hydrogens is 453 g/mol. The maximum absolute atomic E-state index is 12.6. The first-order valence-corrected chi connectivity index (χ1v) is 10.5. The molecule has 12 heteroatoms. The van der Waals surface area contributed by atoms with Crippen LogP contribution in [0.4, 0.5) is 17.8 Å². The van der Waals surface area contributed by atoms with E-state index in [0.717, 1.165) is 0 Å². The molecule has 0 atom stereocenters. The zero-order valence-electron chi connectivity index (χ0n) is 18.7. The molecule has 168 valence electrons. The van der Waals surface area contributed by atoms with E-state index in [0.29, 0.717) is 33.1 Å². The van der Waals surface area contributed by atoms with Crippen molar-refractivity contribution in [2.45, 2.75) is 0 Å². The van der Waals surface area contributed by atoms with E-state index in [1.54, 1.807) is 36.4 Å². The fourth-order valence-corrected chi connectivity index (χ4v) is 2.97. The fourth-order valence-electron chi connectivity index (χ4n) is 2.97. The minimum atomic E-state index is -0.534. The monoisotopic (exact) mass is 468 g/mol. The molecule has 0 bridgehead atoms. The number of hydrogen-bond acceptors (Lipinski definition) is 6. The highest BCUT2D eigenvalue weighted by Crippen LogP contribution is 2.13. The van der Waals surface area contributed by atoms with E-state index in [-0.39, 0.29) is 17.8 Å². The lowest BCUT2D eigenvalue weighted by atomic mass is 9.95. The van der Waals surface area contributed by atoms with Gasteiger partial charge in [-0.2, -0.15) is 15.0 Å². The first-order chi connectivity index (χ1) is 17.3. The van der Waals surface area contributed by atoms with Gasteiger partial charge >= 0.3 is 0 Å². The quantitative estimate of drug-likeness (QED) is 0.343. The van der Waals surface area contributed by atoms with Crippen LogP contribution in [-0.4, -0.2) is 56.2 Å². The van der Waals surface area contributed by atoms with Gasteiger partial charge < -0.3 is 0 Å². The molecule has 0 unspecified atom stereocenters. The maximum Gasteiger partial charge on any atom is 0.258 e. The Morgan fingerprint density at radius 3 is 0.889 bits per heavy atom. The van der Waals surface area contributed by atoms with Gasteiger partial charge in [0.25, 0.3) is 17.7 Å². The summed E-state index contributed by atoms with van der Waals surface area (Å²) in [4.78, 5) is 50.2. The van der Waals surface area contributed by atoms with E-state index in [1.807, 2.05) is 0 Å². The van der Waals surface area contributed by atoms with Gasteiger partial charge in [-0.25, -0.2) is 0 Å². The third kappa shape index (κ3) is 6.23. The van der Waals surface area contributed by atoms with Crippen LogP contribution in [0.1, 0.15) is 31.1 Å². The number of rotatable bonds is 6. The molecule has 0 aliphatic carbocycles. The largest absolute Gasteiger partial charge is 0.290 e. The normalized spacial score (nSPS) is 10.3. The van der Waals surface area contributed by atoms with Crippen LogP contribution in [0, 0.1) is 0 Å². The second-order valence-corrected chi connectivity index (χ2v) is 7.53. The van der Waals surface area contributed by atoms with Crippen LogP contribution in [-0.2, 0) is 0 Å². The van der Waals surface area contributed by atoms with E-state index >= 15 is 0 Å². The van der Waals surface area contributed by atoms with Crippen LogP contribution in [0.3, 0.4) is 0 Å². The summed E-state index contributed by atoms with van der Waals surface area (Å²) >= 11 is 0. The molecule has 3 amide bonds. The van der Waals surface area contributed by atoms with Crippen LogP contribution in [0.25, 0.3) is 0 Å². The number of aromatic nitrogens is 3. The summed E-state index contributed by atoms with van der Waals surface area (Å²) in [6.45, 7) is 0. The molecule has 0 fully saturated rings. The number of nitrogens with one attached hydrogen (secondary N) is 3. The predicted molar refractivity (Wildman–Crippen MR) is 139 cm³/mol. The third-order valence-electron chi connectivity index (χ3n) is 4.83. The molecule has 0 saturated heterocycles. The van der Waals surface area contributed by atoms with Crippen molar-refractivity contribution < 1.29 is 14.4 Å². The van der Waals surface area contributed by atoms with Crippen LogP contribution in [0.5, 0.6) is 0 Å². The number of nitrogens with zero attached hydrogens (tertiary/aromatic N) is 3. The van der Waals surface area contributed by atoms with E-state index in [4.69, 9.17) is 23.5 Å². The summed E-state index contributed by atoms with van der Waals surface area (Å²) in [7, 11) is 17.0. The summed E-state index contributed by atoms with van der Waals surface area (Å²) in [5, 5.41) is 7.57. The van der Waals surface area contributed by atoms with Crippen LogP contribution < -0.4 is 32.3 Å². The minimum absolute atomic E-state index is 0.202.